The first-order valence-electron chi connectivity index (χ1n) is 9.46. The molecule has 1 aromatic heterocycles. The van der Waals surface area contributed by atoms with E-state index in [-0.39, 0.29) is 20.0 Å². The van der Waals surface area contributed by atoms with Crippen molar-refractivity contribution in [3.63, 3.8) is 0 Å². The normalized spacial score (nSPS) is 12.2. The number of aryl methyl sites for hydroxylation is 1. The van der Waals surface area contributed by atoms with Crippen molar-refractivity contribution < 1.29 is 33.3 Å². The van der Waals surface area contributed by atoms with Crippen LogP contribution in [-0.2, 0) is 22.6 Å². The van der Waals surface area contributed by atoms with Gasteiger partial charge in [-0.15, -0.1) is 0 Å². The average Bonchev–Trinajstić information content (AvgIpc) is 3.34. The Hall–Kier alpha value is -3.52. The van der Waals surface area contributed by atoms with E-state index in [2.05, 4.69) is 4.98 Å². The molecule has 30 heavy (non-hydrogen) atoms. The Morgan fingerprint density at radius 1 is 1.17 bits per heavy atom. The van der Waals surface area contributed by atoms with Gasteiger partial charge in [0.25, 0.3) is 0 Å². The fourth-order valence-corrected chi connectivity index (χ4v) is 3.06. The van der Waals surface area contributed by atoms with Crippen molar-refractivity contribution in [2.45, 2.75) is 20.0 Å². The summed E-state index contributed by atoms with van der Waals surface area (Å²) in [6, 6.07) is 12.9. The van der Waals surface area contributed by atoms with Crippen LogP contribution in [0.3, 0.4) is 0 Å². The molecular weight excluding hydrogens is 390 g/mol. The third-order valence-electron chi connectivity index (χ3n) is 4.51. The highest BCUT2D eigenvalue weighted by molar-refractivity contribution is 5.68. The first-order valence-corrected chi connectivity index (χ1v) is 9.46. The smallest absolute Gasteiger partial charge is 0.329 e. The number of hydrogen-bond donors (Lipinski definition) is 1. The van der Waals surface area contributed by atoms with Gasteiger partial charge < -0.3 is 28.5 Å². The van der Waals surface area contributed by atoms with Crippen molar-refractivity contribution in [1.82, 2.24) is 4.98 Å². The topological polar surface area (TPSA) is 100 Å². The van der Waals surface area contributed by atoms with Gasteiger partial charge in [-0.1, -0.05) is 12.1 Å². The van der Waals surface area contributed by atoms with Crippen molar-refractivity contribution in [3.8, 4) is 28.7 Å². The van der Waals surface area contributed by atoms with E-state index < -0.39 is 5.97 Å². The molecule has 1 aliphatic heterocycles. The van der Waals surface area contributed by atoms with Gasteiger partial charge in [0.05, 0.1) is 18.9 Å². The number of carbonyl (C=O) groups is 1. The van der Waals surface area contributed by atoms with E-state index in [0.717, 1.165) is 22.6 Å². The monoisotopic (exact) mass is 411 g/mol. The molecule has 0 spiro atoms. The molecule has 4 rings (SSSR count). The summed E-state index contributed by atoms with van der Waals surface area (Å²) in [6.07, 6.45) is 0.583. The van der Waals surface area contributed by atoms with Crippen LogP contribution < -0.4 is 14.2 Å². The summed E-state index contributed by atoms with van der Waals surface area (Å²) in [5.74, 6) is 2.35. The predicted molar refractivity (Wildman–Crippen MR) is 106 cm³/mol. The molecular formula is C22H21NO7. The summed E-state index contributed by atoms with van der Waals surface area (Å²) in [6.45, 7) is 2.40. The zero-order valence-corrected chi connectivity index (χ0v) is 16.4. The number of carboxylic acids is 1. The molecule has 2 aromatic carbocycles. The summed E-state index contributed by atoms with van der Waals surface area (Å²) < 4.78 is 27.5. The molecule has 0 saturated carbocycles. The van der Waals surface area contributed by atoms with Crippen molar-refractivity contribution >= 4 is 5.97 Å². The maximum absolute atomic E-state index is 10.5. The first-order chi connectivity index (χ1) is 14.6. The fourth-order valence-electron chi connectivity index (χ4n) is 3.06. The minimum atomic E-state index is -0.995. The molecule has 0 saturated heterocycles. The maximum atomic E-state index is 10.5. The highest BCUT2D eigenvalue weighted by Gasteiger charge is 2.17. The summed E-state index contributed by atoms with van der Waals surface area (Å²) >= 11 is 0. The maximum Gasteiger partial charge on any atom is 0.329 e. The molecule has 0 bridgehead atoms. The molecule has 0 unspecified atom stereocenters. The van der Waals surface area contributed by atoms with E-state index in [1.54, 1.807) is 0 Å². The van der Waals surface area contributed by atoms with E-state index in [1.807, 2.05) is 49.4 Å². The van der Waals surface area contributed by atoms with Gasteiger partial charge >= 0.3 is 5.97 Å². The predicted octanol–water partition coefficient (Wildman–Crippen LogP) is 3.60. The van der Waals surface area contributed by atoms with E-state index in [4.69, 9.17) is 28.5 Å². The molecule has 0 aliphatic carbocycles. The molecule has 2 heterocycles. The average molecular weight is 411 g/mol. The van der Waals surface area contributed by atoms with Crippen LogP contribution in [0.2, 0.25) is 0 Å². The number of nitrogens with zero attached hydrogens (tertiary/aromatic N) is 1. The second kappa shape index (κ2) is 8.87. The van der Waals surface area contributed by atoms with Crippen LogP contribution in [-0.4, -0.2) is 36.1 Å². The van der Waals surface area contributed by atoms with E-state index in [9.17, 15) is 4.79 Å². The Bertz CT molecular complexity index is 1040. The third-order valence-corrected chi connectivity index (χ3v) is 4.51. The number of oxazole rings is 1. The Morgan fingerprint density at radius 2 is 2.03 bits per heavy atom. The van der Waals surface area contributed by atoms with Crippen LogP contribution >= 0.6 is 0 Å². The first kappa shape index (κ1) is 19.8. The van der Waals surface area contributed by atoms with Gasteiger partial charge in [0.1, 0.15) is 18.1 Å². The van der Waals surface area contributed by atoms with Gasteiger partial charge in [0.15, 0.2) is 11.5 Å². The second-order valence-corrected chi connectivity index (χ2v) is 6.72. The highest BCUT2D eigenvalue weighted by Crippen LogP contribution is 2.36. The van der Waals surface area contributed by atoms with Crippen LogP contribution in [0.1, 0.15) is 17.0 Å². The van der Waals surface area contributed by atoms with E-state index >= 15 is 0 Å². The van der Waals surface area contributed by atoms with Crippen LogP contribution in [0.15, 0.2) is 46.9 Å². The largest absolute Gasteiger partial charge is 0.493 e. The quantitative estimate of drug-likeness (QED) is 0.570. The van der Waals surface area contributed by atoms with Crippen LogP contribution in [0.5, 0.6) is 17.2 Å². The van der Waals surface area contributed by atoms with E-state index in [0.29, 0.717) is 36.2 Å². The van der Waals surface area contributed by atoms with Gasteiger partial charge in [-0.3, -0.25) is 0 Å². The third kappa shape index (κ3) is 4.72. The summed E-state index contributed by atoms with van der Waals surface area (Å²) in [7, 11) is 0. The van der Waals surface area contributed by atoms with Crippen LogP contribution in [0, 0.1) is 6.92 Å². The molecule has 0 fully saturated rings. The number of rotatable bonds is 9. The van der Waals surface area contributed by atoms with Crippen molar-refractivity contribution in [1.29, 1.82) is 0 Å². The molecule has 1 N–H and O–H groups in total. The molecule has 0 radical (unpaired) electrons. The van der Waals surface area contributed by atoms with Gasteiger partial charge in [0, 0.05) is 12.0 Å². The lowest BCUT2D eigenvalue weighted by Gasteiger charge is -2.07. The highest BCUT2D eigenvalue weighted by atomic mass is 16.7. The number of carboxylic acid groups (broad SMARTS) is 1. The van der Waals surface area contributed by atoms with Crippen molar-refractivity contribution in [2.24, 2.45) is 0 Å². The Kier molecular flexibility index (Phi) is 5.85. The molecule has 8 heteroatoms. The summed E-state index contributed by atoms with van der Waals surface area (Å²) in [4.78, 5) is 15.1. The van der Waals surface area contributed by atoms with Crippen molar-refractivity contribution in [3.05, 3.63) is 59.5 Å². The number of aliphatic carboxylic acids is 1. The minimum Gasteiger partial charge on any atom is -0.493 e. The Morgan fingerprint density at radius 3 is 2.90 bits per heavy atom. The molecule has 0 amide bonds. The molecule has 8 nitrogen and oxygen atoms in total. The zero-order chi connectivity index (χ0) is 20.9. The lowest BCUT2D eigenvalue weighted by molar-refractivity contribution is -0.142. The zero-order valence-electron chi connectivity index (χ0n) is 16.4. The number of ether oxygens (including phenoxy) is 4. The number of benzene rings is 2. The number of aromatic nitrogens is 1. The molecule has 0 atom stereocenters. The van der Waals surface area contributed by atoms with Gasteiger partial charge in [-0.25, -0.2) is 9.78 Å². The van der Waals surface area contributed by atoms with Gasteiger partial charge in [-0.2, -0.15) is 0 Å². The Labute approximate surface area is 173 Å². The number of fused-ring (bicyclic) bond motifs is 1. The SMILES string of the molecule is Cc1oc(-c2ccc3c(c2)OCO3)nc1CCOc1cccc(COCC(=O)O)c1. The molecule has 3 aromatic rings. The molecule has 156 valence electrons. The molecule has 1 aliphatic rings. The fraction of sp³-hybridized carbons (Fsp3) is 0.273. The van der Waals surface area contributed by atoms with Gasteiger partial charge in [0.2, 0.25) is 12.7 Å². The van der Waals surface area contributed by atoms with E-state index in [1.165, 1.54) is 0 Å². The Balaban J connectivity index is 1.34. The number of hydrogen-bond acceptors (Lipinski definition) is 7. The van der Waals surface area contributed by atoms with Crippen LogP contribution in [0.25, 0.3) is 11.5 Å². The summed E-state index contributed by atoms with van der Waals surface area (Å²) in [5, 5.41) is 8.63. The standard InChI is InChI=1S/C22H21NO7/c1-14-18(23-22(30-14)16-5-6-19-20(10-16)29-13-28-19)7-8-27-17-4-2-3-15(9-17)11-26-12-21(24)25/h2-6,9-10H,7-8,11-13H2,1H3,(H,24,25). The van der Waals surface area contributed by atoms with Crippen molar-refractivity contribution in [2.75, 3.05) is 20.0 Å². The minimum absolute atomic E-state index is 0.213. The van der Waals surface area contributed by atoms with Crippen LogP contribution in [0.4, 0.5) is 0 Å². The lowest BCUT2D eigenvalue weighted by atomic mass is 10.2. The lowest BCUT2D eigenvalue weighted by Crippen LogP contribution is -2.07. The van der Waals surface area contributed by atoms with Gasteiger partial charge in [-0.05, 0) is 42.8 Å². The summed E-state index contributed by atoms with van der Waals surface area (Å²) in [5.41, 5.74) is 2.49. The second-order valence-electron chi connectivity index (χ2n) is 6.72.